The second-order valence-electron chi connectivity index (χ2n) is 5.08. The van der Waals surface area contributed by atoms with Gasteiger partial charge in [0.25, 0.3) is 5.91 Å². The van der Waals surface area contributed by atoms with Crippen LogP contribution in [0.15, 0.2) is 42.5 Å². The summed E-state index contributed by atoms with van der Waals surface area (Å²) in [5.41, 5.74) is 2.33. The fourth-order valence-corrected chi connectivity index (χ4v) is 3.36. The first-order valence-corrected chi connectivity index (χ1v) is 8.42. The first-order valence-electron chi connectivity index (χ1n) is 7.19. The Labute approximate surface area is 148 Å². The molecule has 0 unspecified atom stereocenters. The van der Waals surface area contributed by atoms with Gasteiger partial charge < -0.3 is 10.1 Å². The van der Waals surface area contributed by atoms with Crippen molar-refractivity contribution in [3.05, 3.63) is 53.6 Å². The van der Waals surface area contributed by atoms with Gasteiger partial charge in [-0.15, -0.1) is 0 Å². The number of fused-ring (bicyclic) bond motifs is 1. The van der Waals surface area contributed by atoms with Gasteiger partial charge in [0.15, 0.2) is 10.2 Å². The molecule has 2 aromatic carbocycles. The van der Waals surface area contributed by atoms with Crippen molar-refractivity contribution in [3.8, 4) is 5.75 Å². The number of rotatable bonds is 3. The standard InChI is InChI=1S/C17H15N3O2S2/c1-10-5-3-4-6-12(10)15(21)19-16(23)20-17-18-13-8-7-11(22-2)9-14(13)24-17/h3-9H,1-2H3,(H2,18,19,20,21,23). The first-order chi connectivity index (χ1) is 11.6. The topological polar surface area (TPSA) is 63.2 Å². The van der Waals surface area contributed by atoms with E-state index in [-0.39, 0.29) is 11.0 Å². The maximum Gasteiger partial charge on any atom is 0.257 e. The van der Waals surface area contributed by atoms with Gasteiger partial charge in [-0.2, -0.15) is 0 Å². The third-order valence-electron chi connectivity index (χ3n) is 3.43. The van der Waals surface area contributed by atoms with E-state index in [1.807, 2.05) is 43.3 Å². The molecule has 0 saturated carbocycles. The maximum absolute atomic E-state index is 12.2. The zero-order valence-electron chi connectivity index (χ0n) is 13.1. The van der Waals surface area contributed by atoms with Crippen LogP contribution in [0.2, 0.25) is 0 Å². The SMILES string of the molecule is COc1ccc2nc(NC(=S)NC(=O)c3ccccc3C)sc2c1. The second-order valence-corrected chi connectivity index (χ2v) is 6.51. The van der Waals surface area contributed by atoms with Gasteiger partial charge in [0.2, 0.25) is 0 Å². The summed E-state index contributed by atoms with van der Waals surface area (Å²) in [5.74, 6) is 0.529. The number of nitrogens with one attached hydrogen (secondary N) is 2. The van der Waals surface area contributed by atoms with Crippen LogP contribution in [-0.2, 0) is 0 Å². The van der Waals surface area contributed by atoms with Gasteiger partial charge in [-0.3, -0.25) is 10.1 Å². The molecular formula is C17H15N3O2S2. The third-order valence-corrected chi connectivity index (χ3v) is 4.57. The highest BCUT2D eigenvalue weighted by atomic mass is 32.1. The molecule has 0 atom stereocenters. The van der Waals surface area contributed by atoms with Gasteiger partial charge in [-0.1, -0.05) is 29.5 Å². The van der Waals surface area contributed by atoms with E-state index in [1.165, 1.54) is 11.3 Å². The number of aryl methyl sites for hydroxylation is 1. The number of aromatic nitrogens is 1. The molecule has 0 aliphatic carbocycles. The highest BCUT2D eigenvalue weighted by Gasteiger charge is 2.12. The van der Waals surface area contributed by atoms with Crippen LogP contribution >= 0.6 is 23.6 Å². The van der Waals surface area contributed by atoms with Gasteiger partial charge in [-0.05, 0) is 49.0 Å². The Morgan fingerprint density at radius 2 is 2.04 bits per heavy atom. The Morgan fingerprint density at radius 3 is 2.79 bits per heavy atom. The average molecular weight is 357 g/mol. The lowest BCUT2D eigenvalue weighted by Crippen LogP contribution is -2.34. The molecule has 0 saturated heterocycles. The molecule has 24 heavy (non-hydrogen) atoms. The molecule has 0 fully saturated rings. The highest BCUT2D eigenvalue weighted by Crippen LogP contribution is 2.29. The molecule has 0 aliphatic heterocycles. The molecule has 0 bridgehead atoms. The number of methoxy groups -OCH3 is 1. The third kappa shape index (κ3) is 3.52. The number of nitrogens with zero attached hydrogens (tertiary/aromatic N) is 1. The lowest BCUT2D eigenvalue weighted by Gasteiger charge is -2.08. The number of anilines is 1. The van der Waals surface area contributed by atoms with Crippen LogP contribution in [0.5, 0.6) is 5.75 Å². The van der Waals surface area contributed by atoms with E-state index < -0.39 is 0 Å². The normalized spacial score (nSPS) is 10.4. The summed E-state index contributed by atoms with van der Waals surface area (Å²) in [4.78, 5) is 16.7. The molecule has 1 amide bonds. The molecule has 0 spiro atoms. The lowest BCUT2D eigenvalue weighted by atomic mass is 10.1. The summed E-state index contributed by atoms with van der Waals surface area (Å²) < 4.78 is 6.18. The number of hydrogen-bond donors (Lipinski definition) is 2. The molecule has 2 N–H and O–H groups in total. The van der Waals surface area contributed by atoms with Crippen LogP contribution in [0.1, 0.15) is 15.9 Å². The van der Waals surface area contributed by atoms with Crippen molar-refractivity contribution >= 4 is 49.9 Å². The molecule has 7 heteroatoms. The van der Waals surface area contributed by atoms with Gasteiger partial charge in [0.1, 0.15) is 5.75 Å². The Balaban J connectivity index is 1.71. The van der Waals surface area contributed by atoms with Crippen LogP contribution < -0.4 is 15.4 Å². The summed E-state index contributed by atoms with van der Waals surface area (Å²) in [7, 11) is 1.62. The van der Waals surface area contributed by atoms with Crippen molar-refractivity contribution in [2.45, 2.75) is 6.92 Å². The van der Waals surface area contributed by atoms with E-state index in [2.05, 4.69) is 15.6 Å². The van der Waals surface area contributed by atoms with Gasteiger partial charge in [0, 0.05) is 5.56 Å². The van der Waals surface area contributed by atoms with Gasteiger partial charge in [-0.25, -0.2) is 4.98 Å². The number of benzene rings is 2. The lowest BCUT2D eigenvalue weighted by molar-refractivity contribution is 0.0977. The zero-order valence-corrected chi connectivity index (χ0v) is 14.8. The Kier molecular flexibility index (Phi) is 4.73. The predicted octanol–water partition coefficient (Wildman–Crippen LogP) is 3.74. The number of carbonyl (C=O) groups excluding carboxylic acids is 1. The first kappa shape index (κ1) is 16.4. The molecule has 1 heterocycles. The van der Waals surface area contributed by atoms with Crippen molar-refractivity contribution in [1.29, 1.82) is 0 Å². The zero-order chi connectivity index (χ0) is 17.1. The summed E-state index contributed by atoms with van der Waals surface area (Å²) in [6, 6.07) is 13.0. The number of thiocarbonyl (C=S) groups is 1. The van der Waals surface area contributed by atoms with E-state index >= 15 is 0 Å². The number of ether oxygens (including phenoxy) is 1. The highest BCUT2D eigenvalue weighted by molar-refractivity contribution is 7.80. The summed E-state index contributed by atoms with van der Waals surface area (Å²) in [6.07, 6.45) is 0. The Morgan fingerprint density at radius 1 is 1.25 bits per heavy atom. The second kappa shape index (κ2) is 6.94. The monoisotopic (exact) mass is 357 g/mol. The molecule has 0 aliphatic rings. The number of carbonyl (C=O) groups is 1. The predicted molar refractivity (Wildman–Crippen MR) is 101 cm³/mol. The number of thiazole rings is 1. The van der Waals surface area contributed by atoms with Crippen molar-refractivity contribution in [2.75, 3.05) is 12.4 Å². The minimum Gasteiger partial charge on any atom is -0.497 e. The van der Waals surface area contributed by atoms with Crippen molar-refractivity contribution in [1.82, 2.24) is 10.3 Å². The average Bonchev–Trinajstić information content (AvgIpc) is 2.95. The molecular weight excluding hydrogens is 342 g/mol. The summed E-state index contributed by atoms with van der Waals surface area (Å²) in [5, 5.41) is 6.47. The smallest absolute Gasteiger partial charge is 0.257 e. The quantitative estimate of drug-likeness (QED) is 0.699. The van der Waals surface area contributed by atoms with E-state index in [0.29, 0.717) is 10.7 Å². The fraction of sp³-hybridized carbons (Fsp3) is 0.118. The Hall–Kier alpha value is -2.51. The van der Waals surface area contributed by atoms with Crippen LogP contribution in [0.25, 0.3) is 10.2 Å². The maximum atomic E-state index is 12.2. The van der Waals surface area contributed by atoms with Crippen LogP contribution in [-0.4, -0.2) is 23.1 Å². The van der Waals surface area contributed by atoms with E-state index in [9.17, 15) is 4.79 Å². The molecule has 122 valence electrons. The number of hydrogen-bond acceptors (Lipinski definition) is 5. The van der Waals surface area contributed by atoms with Crippen LogP contribution in [0.4, 0.5) is 5.13 Å². The molecule has 1 aromatic heterocycles. The van der Waals surface area contributed by atoms with Crippen LogP contribution in [0.3, 0.4) is 0 Å². The van der Waals surface area contributed by atoms with Crippen molar-refractivity contribution in [2.24, 2.45) is 0 Å². The molecule has 3 rings (SSSR count). The largest absolute Gasteiger partial charge is 0.497 e. The van der Waals surface area contributed by atoms with E-state index in [1.54, 1.807) is 13.2 Å². The van der Waals surface area contributed by atoms with Gasteiger partial charge in [0.05, 0.1) is 17.3 Å². The minimum absolute atomic E-state index is 0.217. The summed E-state index contributed by atoms with van der Waals surface area (Å²) in [6.45, 7) is 1.88. The number of amides is 1. The molecule has 0 radical (unpaired) electrons. The minimum atomic E-state index is -0.242. The molecule has 5 nitrogen and oxygen atoms in total. The van der Waals surface area contributed by atoms with Crippen molar-refractivity contribution in [3.63, 3.8) is 0 Å². The fourth-order valence-electron chi connectivity index (χ4n) is 2.21. The van der Waals surface area contributed by atoms with E-state index in [4.69, 9.17) is 17.0 Å². The van der Waals surface area contributed by atoms with Crippen LogP contribution in [0, 0.1) is 6.92 Å². The Bertz CT molecular complexity index is 921. The van der Waals surface area contributed by atoms with Crippen molar-refractivity contribution < 1.29 is 9.53 Å². The van der Waals surface area contributed by atoms with E-state index in [0.717, 1.165) is 21.5 Å². The summed E-state index contributed by atoms with van der Waals surface area (Å²) >= 11 is 6.65. The van der Waals surface area contributed by atoms with Gasteiger partial charge >= 0.3 is 0 Å². The molecule has 3 aromatic rings.